The Morgan fingerprint density at radius 1 is 1.60 bits per heavy atom. The van der Waals surface area contributed by atoms with Gasteiger partial charge >= 0.3 is 0 Å². The van der Waals surface area contributed by atoms with E-state index in [0.717, 1.165) is 0 Å². The molecule has 5 nitrogen and oxygen atoms in total. The SMILES string of the molecule is CC.CCC(=O)Nc1cnn(C)c1OC. The van der Waals surface area contributed by atoms with E-state index in [-0.39, 0.29) is 5.91 Å². The number of aromatic nitrogens is 2. The molecule has 0 saturated heterocycles. The van der Waals surface area contributed by atoms with E-state index in [1.165, 1.54) is 0 Å². The van der Waals surface area contributed by atoms with Gasteiger partial charge in [0.25, 0.3) is 0 Å². The summed E-state index contributed by atoms with van der Waals surface area (Å²) in [7, 11) is 3.29. The average molecular weight is 213 g/mol. The first-order valence-corrected chi connectivity index (χ1v) is 5.04. The van der Waals surface area contributed by atoms with Crippen molar-refractivity contribution in [3.63, 3.8) is 0 Å². The van der Waals surface area contributed by atoms with Gasteiger partial charge in [-0.1, -0.05) is 20.8 Å². The Morgan fingerprint density at radius 3 is 2.67 bits per heavy atom. The van der Waals surface area contributed by atoms with Crippen molar-refractivity contribution >= 4 is 11.6 Å². The highest BCUT2D eigenvalue weighted by atomic mass is 16.5. The van der Waals surface area contributed by atoms with Gasteiger partial charge in [-0.05, 0) is 0 Å². The van der Waals surface area contributed by atoms with Crippen LogP contribution in [0.1, 0.15) is 27.2 Å². The predicted molar refractivity (Wildman–Crippen MR) is 60.0 cm³/mol. The molecule has 5 heteroatoms. The molecule has 0 aromatic carbocycles. The molecule has 1 amide bonds. The summed E-state index contributed by atoms with van der Waals surface area (Å²) in [6.07, 6.45) is 2.00. The van der Waals surface area contributed by atoms with Gasteiger partial charge in [-0.3, -0.25) is 4.79 Å². The molecule has 0 unspecified atom stereocenters. The Hall–Kier alpha value is -1.52. The molecular formula is C10H19N3O2. The Labute approximate surface area is 90.4 Å². The molecule has 15 heavy (non-hydrogen) atoms. The molecule has 0 fully saturated rings. The van der Waals surface area contributed by atoms with Gasteiger partial charge in [0.15, 0.2) is 0 Å². The van der Waals surface area contributed by atoms with Crippen LogP contribution in [0.4, 0.5) is 5.69 Å². The number of nitrogens with one attached hydrogen (secondary N) is 1. The van der Waals surface area contributed by atoms with Gasteiger partial charge in [-0.2, -0.15) is 5.10 Å². The second-order valence-electron chi connectivity index (χ2n) is 2.59. The van der Waals surface area contributed by atoms with Crippen LogP contribution in [0.5, 0.6) is 5.88 Å². The normalized spacial score (nSPS) is 8.87. The van der Waals surface area contributed by atoms with Gasteiger partial charge in [0.2, 0.25) is 11.8 Å². The Kier molecular flexibility index (Phi) is 6.17. The molecule has 0 saturated carbocycles. The summed E-state index contributed by atoms with van der Waals surface area (Å²) < 4.78 is 6.61. The van der Waals surface area contributed by atoms with Gasteiger partial charge < -0.3 is 10.1 Å². The summed E-state index contributed by atoms with van der Waals surface area (Å²) in [5, 5.41) is 6.64. The monoisotopic (exact) mass is 213 g/mol. The van der Waals surface area contributed by atoms with Gasteiger partial charge in [0.05, 0.1) is 13.3 Å². The lowest BCUT2D eigenvalue weighted by molar-refractivity contribution is -0.115. The smallest absolute Gasteiger partial charge is 0.235 e. The molecular weight excluding hydrogens is 194 g/mol. The minimum Gasteiger partial charge on any atom is -0.480 e. The summed E-state index contributed by atoms with van der Waals surface area (Å²) >= 11 is 0. The van der Waals surface area contributed by atoms with Crippen molar-refractivity contribution < 1.29 is 9.53 Å². The van der Waals surface area contributed by atoms with Crippen molar-refractivity contribution in [3.8, 4) is 5.88 Å². The van der Waals surface area contributed by atoms with Crippen LogP contribution in [-0.4, -0.2) is 22.8 Å². The standard InChI is InChI=1S/C8H13N3O2.C2H6/c1-4-7(12)10-6-5-9-11(2)8(6)13-3;1-2/h5H,4H2,1-3H3,(H,10,12);1-2H3. The molecule has 86 valence electrons. The lowest BCUT2D eigenvalue weighted by Gasteiger charge is -2.04. The minimum absolute atomic E-state index is 0.0497. The fourth-order valence-electron chi connectivity index (χ4n) is 0.993. The number of carbonyl (C=O) groups is 1. The van der Waals surface area contributed by atoms with E-state index < -0.39 is 0 Å². The third kappa shape index (κ3) is 3.61. The van der Waals surface area contributed by atoms with Crippen molar-refractivity contribution in [2.75, 3.05) is 12.4 Å². The first-order valence-electron chi connectivity index (χ1n) is 5.04. The Bertz CT molecular complexity index is 308. The summed E-state index contributed by atoms with van der Waals surface area (Å²) in [6, 6.07) is 0. The largest absolute Gasteiger partial charge is 0.480 e. The van der Waals surface area contributed by atoms with Crippen LogP contribution in [0, 0.1) is 0 Å². The van der Waals surface area contributed by atoms with Crippen molar-refractivity contribution in [1.82, 2.24) is 9.78 Å². The van der Waals surface area contributed by atoms with Crippen LogP contribution in [0.3, 0.4) is 0 Å². The van der Waals surface area contributed by atoms with Crippen LogP contribution < -0.4 is 10.1 Å². The lowest BCUT2D eigenvalue weighted by atomic mass is 10.4. The fraction of sp³-hybridized carbons (Fsp3) is 0.600. The van der Waals surface area contributed by atoms with Gasteiger partial charge in [0.1, 0.15) is 5.69 Å². The van der Waals surface area contributed by atoms with Gasteiger partial charge in [-0.25, -0.2) is 4.68 Å². The summed E-state index contributed by atoms with van der Waals surface area (Å²) in [6.45, 7) is 5.79. The van der Waals surface area contributed by atoms with Crippen molar-refractivity contribution in [2.24, 2.45) is 7.05 Å². The third-order valence-corrected chi connectivity index (χ3v) is 1.67. The highest BCUT2D eigenvalue weighted by molar-refractivity contribution is 5.91. The zero-order valence-corrected chi connectivity index (χ0v) is 10.00. The number of amides is 1. The van der Waals surface area contributed by atoms with Crippen LogP contribution in [-0.2, 0) is 11.8 Å². The molecule has 1 rings (SSSR count). The topological polar surface area (TPSA) is 56.2 Å². The molecule has 0 aliphatic heterocycles. The maximum atomic E-state index is 11.1. The number of hydrogen-bond donors (Lipinski definition) is 1. The number of methoxy groups -OCH3 is 1. The van der Waals surface area contributed by atoms with Crippen LogP contribution >= 0.6 is 0 Å². The molecule has 1 aromatic heterocycles. The van der Waals surface area contributed by atoms with Crippen LogP contribution in [0.15, 0.2) is 6.20 Å². The molecule has 0 radical (unpaired) electrons. The van der Waals surface area contributed by atoms with Crippen LogP contribution in [0.2, 0.25) is 0 Å². The molecule has 0 aliphatic rings. The first kappa shape index (κ1) is 13.5. The van der Waals surface area contributed by atoms with E-state index in [9.17, 15) is 4.79 Å². The fourth-order valence-corrected chi connectivity index (χ4v) is 0.993. The lowest BCUT2D eigenvalue weighted by Crippen LogP contribution is -2.10. The maximum Gasteiger partial charge on any atom is 0.235 e. The van der Waals surface area contributed by atoms with E-state index >= 15 is 0 Å². The number of carbonyl (C=O) groups excluding carboxylic acids is 1. The van der Waals surface area contributed by atoms with Crippen molar-refractivity contribution in [3.05, 3.63) is 6.20 Å². The summed E-state index contributed by atoms with van der Waals surface area (Å²) in [5.41, 5.74) is 0.608. The van der Waals surface area contributed by atoms with E-state index in [1.54, 1.807) is 32.0 Å². The summed E-state index contributed by atoms with van der Waals surface area (Å²) in [4.78, 5) is 11.1. The molecule has 0 bridgehead atoms. The van der Waals surface area contributed by atoms with Crippen molar-refractivity contribution in [2.45, 2.75) is 27.2 Å². The summed E-state index contributed by atoms with van der Waals surface area (Å²) in [5.74, 6) is 0.508. The van der Waals surface area contributed by atoms with Crippen molar-refractivity contribution in [1.29, 1.82) is 0 Å². The highest BCUT2D eigenvalue weighted by Crippen LogP contribution is 2.22. The molecule has 0 aliphatic carbocycles. The molecule has 0 spiro atoms. The van der Waals surface area contributed by atoms with E-state index in [1.807, 2.05) is 13.8 Å². The number of nitrogens with zero attached hydrogens (tertiary/aromatic N) is 2. The van der Waals surface area contributed by atoms with E-state index in [4.69, 9.17) is 4.74 Å². The highest BCUT2D eigenvalue weighted by Gasteiger charge is 2.10. The number of hydrogen-bond acceptors (Lipinski definition) is 3. The number of anilines is 1. The second-order valence-corrected chi connectivity index (χ2v) is 2.59. The zero-order valence-electron chi connectivity index (χ0n) is 10.00. The Morgan fingerprint density at radius 2 is 2.20 bits per heavy atom. The third-order valence-electron chi connectivity index (χ3n) is 1.67. The zero-order chi connectivity index (χ0) is 11.8. The minimum atomic E-state index is -0.0497. The quantitative estimate of drug-likeness (QED) is 0.833. The number of rotatable bonds is 3. The average Bonchev–Trinajstić information content (AvgIpc) is 2.62. The maximum absolute atomic E-state index is 11.1. The molecule has 1 N–H and O–H groups in total. The van der Waals surface area contributed by atoms with Gasteiger partial charge in [0, 0.05) is 13.5 Å². The molecule has 1 aromatic rings. The van der Waals surface area contributed by atoms with E-state index in [2.05, 4.69) is 10.4 Å². The van der Waals surface area contributed by atoms with Gasteiger partial charge in [-0.15, -0.1) is 0 Å². The van der Waals surface area contributed by atoms with E-state index in [0.29, 0.717) is 18.0 Å². The molecule has 1 heterocycles. The second kappa shape index (κ2) is 6.86. The van der Waals surface area contributed by atoms with Crippen LogP contribution in [0.25, 0.3) is 0 Å². The molecule has 0 atom stereocenters. The number of aryl methyl sites for hydroxylation is 1. The first-order chi connectivity index (χ1) is 7.19. The predicted octanol–water partition coefficient (Wildman–Crippen LogP) is 1.80. The number of ether oxygens (including phenoxy) is 1. The Balaban J connectivity index is 0.000000921.